The SMILES string of the molecule is COc1cc(S(=O)(=O)CCCl)c([N+](=O)[O-])cc1F. The minimum atomic E-state index is -3.96. The van der Waals surface area contributed by atoms with Crippen LogP contribution in [0.25, 0.3) is 0 Å². The predicted molar refractivity (Wildman–Crippen MR) is 62.4 cm³/mol. The lowest BCUT2D eigenvalue weighted by atomic mass is 10.3. The van der Waals surface area contributed by atoms with Crippen molar-refractivity contribution in [2.24, 2.45) is 0 Å². The third-order valence-corrected chi connectivity index (χ3v) is 4.26. The van der Waals surface area contributed by atoms with Crippen LogP contribution < -0.4 is 4.74 Å². The highest BCUT2D eigenvalue weighted by Crippen LogP contribution is 2.31. The van der Waals surface area contributed by atoms with Gasteiger partial charge in [0.05, 0.1) is 23.9 Å². The fourth-order valence-electron chi connectivity index (χ4n) is 1.28. The van der Waals surface area contributed by atoms with Gasteiger partial charge in [0.1, 0.15) is 4.90 Å². The van der Waals surface area contributed by atoms with E-state index in [0.29, 0.717) is 6.07 Å². The number of halogens is 2. The first-order valence-electron chi connectivity index (χ1n) is 4.64. The lowest BCUT2D eigenvalue weighted by molar-refractivity contribution is -0.388. The first kappa shape index (κ1) is 14.7. The van der Waals surface area contributed by atoms with Crippen molar-refractivity contribution in [3.63, 3.8) is 0 Å². The second kappa shape index (κ2) is 5.49. The first-order valence-corrected chi connectivity index (χ1v) is 6.82. The molecule has 0 atom stereocenters. The summed E-state index contributed by atoms with van der Waals surface area (Å²) in [4.78, 5) is 9.15. The number of nitrogens with zero attached hydrogens (tertiary/aromatic N) is 1. The van der Waals surface area contributed by atoms with Gasteiger partial charge in [-0.25, -0.2) is 12.8 Å². The minimum absolute atomic E-state index is 0.223. The van der Waals surface area contributed by atoms with Crippen LogP contribution in [0.5, 0.6) is 5.75 Å². The van der Waals surface area contributed by atoms with Crippen LogP contribution in [0.2, 0.25) is 0 Å². The van der Waals surface area contributed by atoms with Gasteiger partial charge in [0.2, 0.25) is 0 Å². The van der Waals surface area contributed by atoms with Gasteiger partial charge in [-0.05, 0) is 0 Å². The Hall–Kier alpha value is -1.41. The fraction of sp³-hybridized carbons (Fsp3) is 0.333. The topological polar surface area (TPSA) is 86.5 Å². The molecule has 6 nitrogen and oxygen atoms in total. The molecule has 0 bridgehead atoms. The van der Waals surface area contributed by atoms with E-state index in [1.165, 1.54) is 0 Å². The zero-order valence-electron chi connectivity index (χ0n) is 9.22. The number of ether oxygens (including phenoxy) is 1. The monoisotopic (exact) mass is 297 g/mol. The first-order chi connectivity index (χ1) is 8.33. The molecule has 0 fully saturated rings. The van der Waals surface area contributed by atoms with Crippen molar-refractivity contribution < 1.29 is 22.5 Å². The van der Waals surface area contributed by atoms with Crippen LogP contribution >= 0.6 is 11.6 Å². The summed E-state index contributed by atoms with van der Waals surface area (Å²) in [5.41, 5.74) is -0.835. The second-order valence-electron chi connectivity index (χ2n) is 3.22. The lowest BCUT2D eigenvalue weighted by Gasteiger charge is -2.07. The summed E-state index contributed by atoms with van der Waals surface area (Å²) in [5.74, 6) is -2.09. The zero-order valence-corrected chi connectivity index (χ0v) is 10.8. The summed E-state index contributed by atoms with van der Waals surface area (Å²) in [7, 11) is -2.83. The van der Waals surface area contributed by atoms with E-state index >= 15 is 0 Å². The van der Waals surface area contributed by atoms with Crippen molar-refractivity contribution in [3.05, 3.63) is 28.1 Å². The van der Waals surface area contributed by atoms with E-state index in [1.807, 2.05) is 0 Å². The molecular weight excluding hydrogens is 289 g/mol. The lowest BCUT2D eigenvalue weighted by Crippen LogP contribution is -2.11. The van der Waals surface area contributed by atoms with Crippen LogP contribution in [0.15, 0.2) is 17.0 Å². The third-order valence-electron chi connectivity index (χ3n) is 2.11. The average Bonchev–Trinajstić information content (AvgIpc) is 2.28. The van der Waals surface area contributed by atoms with Crippen LogP contribution in [0.3, 0.4) is 0 Å². The molecule has 1 aromatic carbocycles. The molecule has 0 radical (unpaired) electrons. The third kappa shape index (κ3) is 2.88. The van der Waals surface area contributed by atoms with Gasteiger partial charge in [-0.3, -0.25) is 10.1 Å². The summed E-state index contributed by atoms with van der Waals surface area (Å²) in [6.07, 6.45) is 0. The number of nitro groups is 1. The summed E-state index contributed by atoms with van der Waals surface area (Å²) in [6.45, 7) is 0. The van der Waals surface area contributed by atoms with Crippen molar-refractivity contribution in [2.45, 2.75) is 4.90 Å². The molecule has 100 valence electrons. The molecule has 0 aliphatic carbocycles. The maximum atomic E-state index is 13.3. The Morgan fingerprint density at radius 1 is 1.50 bits per heavy atom. The maximum absolute atomic E-state index is 13.3. The normalized spacial score (nSPS) is 11.3. The average molecular weight is 298 g/mol. The number of alkyl halides is 1. The second-order valence-corrected chi connectivity index (χ2v) is 5.67. The number of nitro benzene ring substituents is 1. The summed E-state index contributed by atoms with van der Waals surface area (Å²) >= 11 is 5.32. The van der Waals surface area contributed by atoms with Gasteiger partial charge in [0.15, 0.2) is 21.4 Å². The van der Waals surface area contributed by atoms with Gasteiger partial charge >= 0.3 is 0 Å². The minimum Gasteiger partial charge on any atom is -0.494 e. The summed E-state index contributed by atoms with van der Waals surface area (Å²) in [5, 5.41) is 10.7. The Kier molecular flexibility index (Phi) is 4.47. The molecule has 0 unspecified atom stereocenters. The highest BCUT2D eigenvalue weighted by atomic mass is 35.5. The molecular formula is C9H9ClFNO5S. The van der Waals surface area contributed by atoms with E-state index in [2.05, 4.69) is 4.74 Å². The van der Waals surface area contributed by atoms with Crippen LogP contribution in [-0.2, 0) is 9.84 Å². The number of methoxy groups -OCH3 is 1. The molecule has 0 aliphatic rings. The van der Waals surface area contributed by atoms with Crippen molar-refractivity contribution in [1.29, 1.82) is 0 Å². The predicted octanol–water partition coefficient (Wildman–Crippen LogP) is 1.75. The molecule has 1 aromatic rings. The molecule has 0 saturated heterocycles. The van der Waals surface area contributed by atoms with Gasteiger partial charge in [0.25, 0.3) is 5.69 Å². The Bertz CT molecular complexity index is 575. The van der Waals surface area contributed by atoms with E-state index in [0.717, 1.165) is 13.2 Å². The van der Waals surface area contributed by atoms with E-state index in [1.54, 1.807) is 0 Å². The Labute approximate surface area is 107 Å². The molecule has 18 heavy (non-hydrogen) atoms. The molecule has 0 aromatic heterocycles. The van der Waals surface area contributed by atoms with Crippen LogP contribution in [0, 0.1) is 15.9 Å². The summed E-state index contributed by atoms with van der Waals surface area (Å²) < 4.78 is 41.5. The van der Waals surface area contributed by atoms with Gasteiger partial charge in [-0.15, -0.1) is 11.6 Å². The van der Waals surface area contributed by atoms with Crippen LogP contribution in [-0.4, -0.2) is 32.1 Å². The highest BCUT2D eigenvalue weighted by molar-refractivity contribution is 7.91. The molecule has 0 N–H and O–H groups in total. The largest absolute Gasteiger partial charge is 0.494 e. The van der Waals surface area contributed by atoms with Crippen LogP contribution in [0.1, 0.15) is 0 Å². The number of rotatable bonds is 5. The number of sulfone groups is 1. The van der Waals surface area contributed by atoms with E-state index in [4.69, 9.17) is 11.6 Å². The maximum Gasteiger partial charge on any atom is 0.291 e. The standard InChI is InChI=1S/C9H9ClFNO5S/c1-17-8-5-9(18(15,16)3-2-10)7(12(13)14)4-6(8)11/h4-5H,2-3H2,1H3. The van der Waals surface area contributed by atoms with Crippen molar-refractivity contribution >= 4 is 27.1 Å². The Morgan fingerprint density at radius 3 is 2.56 bits per heavy atom. The smallest absolute Gasteiger partial charge is 0.291 e. The van der Waals surface area contributed by atoms with Gasteiger partial charge in [0, 0.05) is 11.9 Å². The van der Waals surface area contributed by atoms with Gasteiger partial charge < -0.3 is 4.74 Å². The van der Waals surface area contributed by atoms with Crippen molar-refractivity contribution in [2.75, 3.05) is 18.7 Å². The molecule has 0 aliphatic heterocycles. The zero-order chi connectivity index (χ0) is 13.9. The molecule has 1 rings (SSSR count). The van der Waals surface area contributed by atoms with E-state index < -0.39 is 36.9 Å². The number of benzene rings is 1. The molecule has 9 heteroatoms. The number of hydrogen-bond acceptors (Lipinski definition) is 5. The highest BCUT2D eigenvalue weighted by Gasteiger charge is 2.28. The summed E-state index contributed by atoms with van der Waals surface area (Å²) in [6, 6.07) is 1.30. The number of hydrogen-bond donors (Lipinski definition) is 0. The molecule has 0 saturated carbocycles. The van der Waals surface area contributed by atoms with E-state index in [-0.39, 0.29) is 11.6 Å². The van der Waals surface area contributed by atoms with Gasteiger partial charge in [-0.1, -0.05) is 0 Å². The van der Waals surface area contributed by atoms with Crippen molar-refractivity contribution in [3.8, 4) is 5.75 Å². The quantitative estimate of drug-likeness (QED) is 0.358. The van der Waals surface area contributed by atoms with E-state index in [9.17, 15) is 22.9 Å². The Balaban J connectivity index is 3.54. The van der Waals surface area contributed by atoms with Gasteiger partial charge in [-0.2, -0.15) is 0 Å². The van der Waals surface area contributed by atoms with Crippen molar-refractivity contribution in [1.82, 2.24) is 0 Å². The molecule has 0 spiro atoms. The molecule has 0 heterocycles. The Morgan fingerprint density at radius 2 is 2.11 bits per heavy atom. The fourth-order valence-corrected chi connectivity index (χ4v) is 3.06. The molecule has 0 amide bonds. The van der Waals surface area contributed by atoms with Crippen LogP contribution in [0.4, 0.5) is 10.1 Å².